The number of benzene rings is 1. The van der Waals surface area contributed by atoms with Crippen molar-refractivity contribution < 1.29 is 9.18 Å². The van der Waals surface area contributed by atoms with Gasteiger partial charge in [0.25, 0.3) is 0 Å². The van der Waals surface area contributed by atoms with Gasteiger partial charge in [0.15, 0.2) is 5.78 Å². The van der Waals surface area contributed by atoms with Crippen LogP contribution in [0.25, 0.3) is 22.3 Å². The summed E-state index contributed by atoms with van der Waals surface area (Å²) in [7, 11) is 0. The van der Waals surface area contributed by atoms with Crippen molar-refractivity contribution in [1.82, 2.24) is 14.5 Å². The standard InChI is InChI=1S/C21H16FN3O/c1-14(26)15-8-9-20(24-11-15)18-13-25(21-17(18)6-4-10-23-21)12-16-5-2-3-7-19(16)22/h2-11,13H,12H2,1H3. The summed E-state index contributed by atoms with van der Waals surface area (Å²) < 4.78 is 16.0. The summed E-state index contributed by atoms with van der Waals surface area (Å²) in [6, 6.07) is 14.1. The van der Waals surface area contributed by atoms with E-state index in [0.29, 0.717) is 17.7 Å². The third-order valence-corrected chi connectivity index (χ3v) is 4.38. The van der Waals surface area contributed by atoms with E-state index in [-0.39, 0.29) is 11.6 Å². The molecule has 0 atom stereocenters. The van der Waals surface area contributed by atoms with Crippen LogP contribution in [0.3, 0.4) is 0 Å². The number of pyridine rings is 2. The second-order valence-electron chi connectivity index (χ2n) is 6.12. The van der Waals surface area contributed by atoms with E-state index < -0.39 is 0 Å². The SMILES string of the molecule is CC(=O)c1ccc(-c2cn(Cc3ccccc3F)c3ncccc23)nc1. The number of Topliss-reactive ketones (excluding diaryl/α,β-unsaturated/α-hetero) is 1. The highest BCUT2D eigenvalue weighted by Gasteiger charge is 2.14. The van der Waals surface area contributed by atoms with Gasteiger partial charge in [0.1, 0.15) is 11.5 Å². The number of rotatable bonds is 4. The van der Waals surface area contributed by atoms with E-state index in [9.17, 15) is 9.18 Å². The Labute approximate surface area is 150 Å². The number of carbonyl (C=O) groups is 1. The van der Waals surface area contributed by atoms with Crippen LogP contribution in [-0.2, 0) is 6.54 Å². The Morgan fingerprint density at radius 3 is 2.65 bits per heavy atom. The third kappa shape index (κ3) is 2.88. The van der Waals surface area contributed by atoms with E-state index >= 15 is 0 Å². The largest absolute Gasteiger partial charge is 0.327 e. The van der Waals surface area contributed by atoms with Crippen LogP contribution in [-0.4, -0.2) is 20.3 Å². The van der Waals surface area contributed by atoms with Gasteiger partial charge in [0.05, 0.1) is 12.2 Å². The van der Waals surface area contributed by atoms with Crippen molar-refractivity contribution in [3.63, 3.8) is 0 Å². The molecule has 1 aromatic carbocycles. The number of nitrogens with zero attached hydrogens (tertiary/aromatic N) is 3. The second kappa shape index (κ2) is 6.52. The van der Waals surface area contributed by atoms with Gasteiger partial charge in [-0.2, -0.15) is 0 Å². The van der Waals surface area contributed by atoms with Crippen LogP contribution in [0.15, 0.2) is 67.1 Å². The predicted molar refractivity (Wildman–Crippen MR) is 98.5 cm³/mol. The molecule has 4 rings (SSSR count). The summed E-state index contributed by atoms with van der Waals surface area (Å²) in [4.78, 5) is 20.3. The number of carbonyl (C=O) groups excluding carboxylic acids is 1. The minimum atomic E-state index is -0.240. The predicted octanol–water partition coefficient (Wildman–Crippen LogP) is 4.49. The van der Waals surface area contributed by atoms with Gasteiger partial charge in [-0.3, -0.25) is 9.78 Å². The van der Waals surface area contributed by atoms with Gasteiger partial charge in [-0.1, -0.05) is 18.2 Å². The van der Waals surface area contributed by atoms with Gasteiger partial charge < -0.3 is 4.57 Å². The Bertz CT molecular complexity index is 1100. The molecule has 0 aliphatic carbocycles. The van der Waals surface area contributed by atoms with Gasteiger partial charge in [-0.15, -0.1) is 0 Å². The number of halogens is 1. The summed E-state index contributed by atoms with van der Waals surface area (Å²) >= 11 is 0. The first-order chi connectivity index (χ1) is 12.6. The normalized spacial score (nSPS) is 11.0. The molecule has 3 heterocycles. The summed E-state index contributed by atoms with van der Waals surface area (Å²) in [5, 5.41) is 0.937. The van der Waals surface area contributed by atoms with Gasteiger partial charge >= 0.3 is 0 Å². The molecule has 0 fully saturated rings. The van der Waals surface area contributed by atoms with Crippen LogP contribution in [0.2, 0.25) is 0 Å². The number of aromatic nitrogens is 3. The van der Waals surface area contributed by atoms with Crippen molar-refractivity contribution in [2.45, 2.75) is 13.5 Å². The van der Waals surface area contributed by atoms with Crippen molar-refractivity contribution in [2.24, 2.45) is 0 Å². The zero-order valence-corrected chi connectivity index (χ0v) is 14.2. The molecule has 5 heteroatoms. The lowest BCUT2D eigenvalue weighted by molar-refractivity contribution is 0.101. The van der Waals surface area contributed by atoms with Gasteiger partial charge in [-0.05, 0) is 37.3 Å². The van der Waals surface area contributed by atoms with E-state index in [0.717, 1.165) is 22.3 Å². The molecule has 0 N–H and O–H groups in total. The third-order valence-electron chi connectivity index (χ3n) is 4.38. The highest BCUT2D eigenvalue weighted by atomic mass is 19.1. The molecule has 0 bridgehead atoms. The lowest BCUT2D eigenvalue weighted by Gasteiger charge is -2.05. The zero-order valence-electron chi connectivity index (χ0n) is 14.2. The Balaban J connectivity index is 1.81. The van der Waals surface area contributed by atoms with Crippen molar-refractivity contribution in [3.8, 4) is 11.3 Å². The maximum atomic E-state index is 14.0. The van der Waals surface area contributed by atoms with Crippen LogP contribution in [0.5, 0.6) is 0 Å². The van der Waals surface area contributed by atoms with Crippen molar-refractivity contribution in [2.75, 3.05) is 0 Å². The smallest absolute Gasteiger partial charge is 0.161 e. The molecular weight excluding hydrogens is 329 g/mol. The summed E-state index contributed by atoms with van der Waals surface area (Å²) in [6.45, 7) is 1.90. The molecule has 0 aliphatic rings. The molecule has 128 valence electrons. The minimum absolute atomic E-state index is 0.0207. The highest BCUT2D eigenvalue weighted by Crippen LogP contribution is 2.29. The average molecular weight is 345 g/mol. The van der Waals surface area contributed by atoms with Crippen molar-refractivity contribution in [1.29, 1.82) is 0 Å². The first-order valence-corrected chi connectivity index (χ1v) is 8.28. The Kier molecular flexibility index (Phi) is 4.05. The van der Waals surface area contributed by atoms with Crippen LogP contribution in [0.1, 0.15) is 22.8 Å². The topological polar surface area (TPSA) is 47.8 Å². The maximum Gasteiger partial charge on any atom is 0.161 e. The van der Waals surface area contributed by atoms with Crippen LogP contribution >= 0.6 is 0 Å². The zero-order chi connectivity index (χ0) is 18.1. The van der Waals surface area contributed by atoms with Gasteiger partial charge in [0, 0.05) is 40.7 Å². The van der Waals surface area contributed by atoms with Crippen LogP contribution in [0, 0.1) is 5.82 Å². The van der Waals surface area contributed by atoms with Crippen molar-refractivity contribution in [3.05, 3.63) is 84.1 Å². The summed E-state index contributed by atoms with van der Waals surface area (Å²) in [5.74, 6) is -0.261. The maximum absolute atomic E-state index is 14.0. The molecule has 26 heavy (non-hydrogen) atoms. The lowest BCUT2D eigenvalue weighted by atomic mass is 10.1. The highest BCUT2D eigenvalue weighted by molar-refractivity contribution is 5.95. The van der Waals surface area contributed by atoms with E-state index in [4.69, 9.17) is 0 Å². The summed E-state index contributed by atoms with van der Waals surface area (Å²) in [6.07, 6.45) is 5.23. The lowest BCUT2D eigenvalue weighted by Crippen LogP contribution is -2.01. The number of ketones is 1. The van der Waals surface area contributed by atoms with Crippen molar-refractivity contribution >= 4 is 16.8 Å². The molecular formula is C21H16FN3O. The van der Waals surface area contributed by atoms with Crippen LogP contribution < -0.4 is 0 Å². The van der Waals surface area contributed by atoms with E-state index in [1.165, 1.54) is 13.0 Å². The van der Waals surface area contributed by atoms with E-state index in [1.54, 1.807) is 30.6 Å². The van der Waals surface area contributed by atoms with Gasteiger partial charge in [0.2, 0.25) is 0 Å². The molecule has 0 saturated heterocycles. The quantitative estimate of drug-likeness (QED) is 0.512. The first-order valence-electron chi connectivity index (χ1n) is 8.28. The van der Waals surface area contributed by atoms with Gasteiger partial charge in [-0.25, -0.2) is 9.37 Å². The molecule has 0 saturated carbocycles. The number of hydrogen-bond acceptors (Lipinski definition) is 3. The Hall–Kier alpha value is -3.34. The fourth-order valence-electron chi connectivity index (χ4n) is 3.02. The minimum Gasteiger partial charge on any atom is -0.327 e. The molecule has 0 spiro atoms. The second-order valence-corrected chi connectivity index (χ2v) is 6.12. The Morgan fingerprint density at radius 1 is 1.08 bits per heavy atom. The average Bonchev–Trinajstić information content (AvgIpc) is 3.02. The van der Waals surface area contributed by atoms with E-state index in [1.807, 2.05) is 35.0 Å². The monoisotopic (exact) mass is 345 g/mol. The molecule has 4 nitrogen and oxygen atoms in total. The van der Waals surface area contributed by atoms with E-state index in [2.05, 4.69) is 9.97 Å². The van der Waals surface area contributed by atoms with Crippen LogP contribution in [0.4, 0.5) is 4.39 Å². The fourth-order valence-corrected chi connectivity index (χ4v) is 3.02. The molecule has 4 aromatic rings. The number of hydrogen-bond donors (Lipinski definition) is 0. The molecule has 0 radical (unpaired) electrons. The first kappa shape index (κ1) is 16.1. The summed E-state index contributed by atoms with van der Waals surface area (Å²) in [5.41, 5.74) is 3.59. The Morgan fingerprint density at radius 2 is 1.92 bits per heavy atom. The molecule has 0 unspecified atom stereocenters. The molecule has 3 aromatic heterocycles. The number of fused-ring (bicyclic) bond motifs is 1. The molecule has 0 aliphatic heterocycles. The molecule has 0 amide bonds. The fraction of sp³-hybridized carbons (Fsp3) is 0.0952.